The van der Waals surface area contributed by atoms with E-state index in [0.717, 1.165) is 65.8 Å². The van der Waals surface area contributed by atoms with E-state index < -0.39 is 11.9 Å². The van der Waals surface area contributed by atoms with E-state index in [9.17, 15) is 9.59 Å². The SMILES string of the molecule is COc1cc(NC(C)CCCN)c2nccc(C)c2c1OCCCCCCc1ccccc1.O=C(O)/C=C/C(=O)O. The molecule has 9 heteroatoms. The van der Waals surface area contributed by atoms with E-state index in [4.69, 9.17) is 25.4 Å². The first-order valence-electron chi connectivity index (χ1n) is 14.0. The summed E-state index contributed by atoms with van der Waals surface area (Å²) in [6.45, 7) is 5.64. The average Bonchev–Trinajstić information content (AvgIpc) is 2.96. The molecule has 0 aliphatic carbocycles. The number of fused-ring (bicyclic) bond motifs is 1. The van der Waals surface area contributed by atoms with Gasteiger partial charge in [0.25, 0.3) is 0 Å². The van der Waals surface area contributed by atoms with Gasteiger partial charge in [-0.1, -0.05) is 43.2 Å². The molecule has 1 unspecified atom stereocenters. The number of carboxylic acid groups (broad SMARTS) is 2. The summed E-state index contributed by atoms with van der Waals surface area (Å²) in [6.07, 6.45) is 10.7. The van der Waals surface area contributed by atoms with E-state index in [0.29, 0.717) is 31.3 Å². The number of rotatable bonds is 16. The summed E-state index contributed by atoms with van der Waals surface area (Å²) in [6, 6.07) is 15.0. The number of benzene rings is 2. The molecular formula is C32H43N3O6. The maximum Gasteiger partial charge on any atom is 0.328 e. The molecule has 1 heterocycles. The van der Waals surface area contributed by atoms with Crippen molar-refractivity contribution in [2.75, 3.05) is 25.6 Å². The van der Waals surface area contributed by atoms with Crippen molar-refractivity contribution in [3.63, 3.8) is 0 Å². The van der Waals surface area contributed by atoms with Crippen LogP contribution >= 0.6 is 0 Å². The van der Waals surface area contributed by atoms with Gasteiger partial charge in [0.1, 0.15) is 0 Å². The number of carbonyl (C=O) groups is 2. The Morgan fingerprint density at radius 1 is 1.02 bits per heavy atom. The average molecular weight is 566 g/mol. The fourth-order valence-electron chi connectivity index (χ4n) is 4.35. The zero-order valence-corrected chi connectivity index (χ0v) is 24.3. The minimum absolute atomic E-state index is 0.298. The predicted molar refractivity (Wildman–Crippen MR) is 163 cm³/mol. The molecule has 0 aliphatic heterocycles. The highest BCUT2D eigenvalue weighted by molar-refractivity contribution is 5.99. The summed E-state index contributed by atoms with van der Waals surface area (Å²) >= 11 is 0. The van der Waals surface area contributed by atoms with E-state index in [2.05, 4.69) is 54.5 Å². The van der Waals surface area contributed by atoms with Crippen molar-refractivity contribution in [2.45, 2.75) is 64.8 Å². The summed E-state index contributed by atoms with van der Waals surface area (Å²) in [5, 5.41) is 20.2. The van der Waals surface area contributed by atoms with Crippen LogP contribution in [0.15, 0.2) is 60.8 Å². The number of methoxy groups -OCH3 is 1. The Labute approximate surface area is 242 Å². The first-order valence-corrected chi connectivity index (χ1v) is 14.0. The van der Waals surface area contributed by atoms with Crippen LogP contribution in [0.5, 0.6) is 11.5 Å². The van der Waals surface area contributed by atoms with Crippen LogP contribution in [0.1, 0.15) is 56.6 Å². The van der Waals surface area contributed by atoms with Gasteiger partial charge in [-0.3, -0.25) is 4.98 Å². The van der Waals surface area contributed by atoms with Crippen molar-refractivity contribution >= 4 is 28.5 Å². The summed E-state index contributed by atoms with van der Waals surface area (Å²) in [7, 11) is 1.70. The number of ether oxygens (including phenoxy) is 2. The normalized spacial score (nSPS) is 11.5. The number of anilines is 1. The number of aliphatic carboxylic acids is 2. The summed E-state index contributed by atoms with van der Waals surface area (Å²) in [5.41, 5.74) is 10.1. The summed E-state index contributed by atoms with van der Waals surface area (Å²) in [5.74, 6) is -0.974. The number of pyridine rings is 1. The number of hydrogen-bond acceptors (Lipinski definition) is 7. The molecule has 0 saturated carbocycles. The lowest BCUT2D eigenvalue weighted by atomic mass is 10.1. The Bertz CT molecular complexity index is 1250. The quantitative estimate of drug-likeness (QED) is 0.122. The molecule has 0 aliphatic rings. The van der Waals surface area contributed by atoms with Gasteiger partial charge < -0.3 is 30.7 Å². The molecular weight excluding hydrogens is 522 g/mol. The molecule has 1 atom stereocenters. The Balaban J connectivity index is 0.000000642. The smallest absolute Gasteiger partial charge is 0.328 e. The first-order chi connectivity index (χ1) is 19.8. The van der Waals surface area contributed by atoms with E-state index in [1.54, 1.807) is 7.11 Å². The second kappa shape index (κ2) is 18.3. The van der Waals surface area contributed by atoms with Crippen LogP contribution < -0.4 is 20.5 Å². The molecule has 0 amide bonds. The van der Waals surface area contributed by atoms with Crippen LogP contribution in [-0.2, 0) is 16.0 Å². The fourth-order valence-corrected chi connectivity index (χ4v) is 4.35. The maximum absolute atomic E-state index is 9.55. The lowest BCUT2D eigenvalue weighted by Crippen LogP contribution is -2.17. The van der Waals surface area contributed by atoms with Crippen LogP contribution in [-0.4, -0.2) is 53.4 Å². The lowest BCUT2D eigenvalue weighted by molar-refractivity contribution is -0.134. The largest absolute Gasteiger partial charge is 0.493 e. The van der Waals surface area contributed by atoms with Crippen LogP contribution in [0.2, 0.25) is 0 Å². The molecule has 3 rings (SSSR count). The molecule has 1 aromatic heterocycles. The molecule has 222 valence electrons. The Kier molecular flexibility index (Phi) is 14.8. The number of nitrogens with two attached hydrogens (primary N) is 1. The van der Waals surface area contributed by atoms with E-state index in [1.807, 2.05) is 18.3 Å². The molecule has 0 bridgehead atoms. The third-order valence-corrected chi connectivity index (χ3v) is 6.42. The molecule has 0 spiro atoms. The molecule has 0 saturated heterocycles. The number of aryl methyl sites for hydroxylation is 2. The zero-order chi connectivity index (χ0) is 30.0. The van der Waals surface area contributed by atoms with Crippen molar-refractivity contribution < 1.29 is 29.3 Å². The van der Waals surface area contributed by atoms with Crippen molar-refractivity contribution in [3.8, 4) is 11.5 Å². The standard InChI is InChI=1S/C28H39N3O2.C4H4O4/c1-21-16-18-30-27-24(31-22(2)12-11-17-29)20-25(32-3)28(26(21)27)33-19-10-5-4-7-13-23-14-8-6-9-15-23;5-3(6)1-2-4(7)8/h6,8-9,14-16,18,20,22,31H,4-5,7,10-13,17,19,29H2,1-3H3;1-2H,(H,5,6)(H,7,8)/b;2-1+. The van der Waals surface area contributed by atoms with E-state index in [-0.39, 0.29) is 0 Å². The van der Waals surface area contributed by atoms with E-state index in [1.165, 1.54) is 18.4 Å². The Hall–Kier alpha value is -4.11. The van der Waals surface area contributed by atoms with Gasteiger partial charge in [-0.05, 0) is 69.7 Å². The fraction of sp³-hybridized carbons (Fsp3) is 0.406. The zero-order valence-electron chi connectivity index (χ0n) is 24.3. The Morgan fingerprint density at radius 2 is 1.71 bits per heavy atom. The highest BCUT2D eigenvalue weighted by Gasteiger charge is 2.18. The second-order valence-corrected chi connectivity index (χ2v) is 9.79. The van der Waals surface area contributed by atoms with Gasteiger partial charge in [0.2, 0.25) is 0 Å². The molecule has 41 heavy (non-hydrogen) atoms. The monoisotopic (exact) mass is 565 g/mol. The number of carboxylic acids is 2. The van der Waals surface area contributed by atoms with Crippen molar-refractivity contribution in [1.29, 1.82) is 0 Å². The number of nitrogens with one attached hydrogen (secondary N) is 1. The van der Waals surface area contributed by atoms with Crippen molar-refractivity contribution in [3.05, 3.63) is 71.9 Å². The van der Waals surface area contributed by atoms with Gasteiger partial charge in [-0.2, -0.15) is 0 Å². The molecule has 0 radical (unpaired) electrons. The van der Waals surface area contributed by atoms with Crippen molar-refractivity contribution in [1.82, 2.24) is 4.98 Å². The van der Waals surface area contributed by atoms with Gasteiger partial charge in [0, 0.05) is 30.5 Å². The lowest BCUT2D eigenvalue weighted by Gasteiger charge is -2.20. The topological polar surface area (TPSA) is 144 Å². The predicted octanol–water partition coefficient (Wildman–Crippen LogP) is 5.98. The van der Waals surface area contributed by atoms with Crippen LogP contribution in [0, 0.1) is 6.92 Å². The molecule has 5 N–H and O–H groups in total. The summed E-state index contributed by atoms with van der Waals surface area (Å²) in [4.78, 5) is 23.8. The molecule has 0 fully saturated rings. The van der Waals surface area contributed by atoms with Crippen LogP contribution in [0.3, 0.4) is 0 Å². The van der Waals surface area contributed by atoms with Crippen LogP contribution in [0.25, 0.3) is 10.9 Å². The molecule has 3 aromatic rings. The van der Waals surface area contributed by atoms with Gasteiger partial charge >= 0.3 is 11.9 Å². The minimum atomic E-state index is -1.26. The van der Waals surface area contributed by atoms with Gasteiger partial charge in [-0.25, -0.2) is 9.59 Å². The highest BCUT2D eigenvalue weighted by atomic mass is 16.5. The van der Waals surface area contributed by atoms with Gasteiger partial charge in [0.15, 0.2) is 11.5 Å². The Morgan fingerprint density at radius 3 is 2.34 bits per heavy atom. The third kappa shape index (κ3) is 11.9. The van der Waals surface area contributed by atoms with Gasteiger partial charge in [0.05, 0.1) is 30.3 Å². The van der Waals surface area contributed by atoms with Crippen molar-refractivity contribution in [2.24, 2.45) is 5.73 Å². The number of unbranched alkanes of at least 4 members (excludes halogenated alkanes) is 3. The van der Waals surface area contributed by atoms with E-state index >= 15 is 0 Å². The minimum Gasteiger partial charge on any atom is -0.493 e. The first kappa shape index (κ1) is 33.1. The third-order valence-electron chi connectivity index (χ3n) is 6.42. The molecule has 9 nitrogen and oxygen atoms in total. The number of hydrogen-bond donors (Lipinski definition) is 4. The molecule has 2 aromatic carbocycles. The highest BCUT2D eigenvalue weighted by Crippen LogP contribution is 2.41. The maximum atomic E-state index is 9.55. The van der Waals surface area contributed by atoms with Gasteiger partial charge in [-0.15, -0.1) is 0 Å². The van der Waals surface area contributed by atoms with Crippen LogP contribution in [0.4, 0.5) is 5.69 Å². The summed E-state index contributed by atoms with van der Waals surface area (Å²) < 4.78 is 12.0. The second-order valence-electron chi connectivity index (χ2n) is 9.79. The number of aromatic nitrogens is 1. The number of nitrogens with zero attached hydrogens (tertiary/aromatic N) is 1.